The second-order valence-electron chi connectivity index (χ2n) is 20.1. The zero-order valence-corrected chi connectivity index (χ0v) is 44.9. The third-order valence-electron chi connectivity index (χ3n) is 13.8. The van der Waals surface area contributed by atoms with E-state index < -0.39 is 48.6 Å². The van der Waals surface area contributed by atoms with E-state index in [1.807, 2.05) is 30.3 Å². The Morgan fingerprint density at radius 1 is 0.810 bits per heavy atom. The number of H-pyrrole nitrogens is 1. The Bertz CT molecular complexity index is 3080. The first-order valence-electron chi connectivity index (χ1n) is 26.4. The number of benzene rings is 4. The highest BCUT2D eigenvalue weighted by Crippen LogP contribution is 2.42. The second kappa shape index (κ2) is 26.8. The lowest BCUT2D eigenvalue weighted by molar-refractivity contribution is -0.140. The van der Waals surface area contributed by atoms with Gasteiger partial charge in [-0.15, -0.1) is 0 Å². The highest BCUT2D eigenvalue weighted by Gasteiger charge is 2.38. The van der Waals surface area contributed by atoms with E-state index in [1.165, 1.54) is 32.6 Å². The second-order valence-corrected chi connectivity index (χ2v) is 20.1. The van der Waals surface area contributed by atoms with Crippen LogP contribution in [-0.2, 0) is 32.0 Å². The van der Waals surface area contributed by atoms with Crippen molar-refractivity contribution in [2.75, 3.05) is 117 Å². The Balaban J connectivity index is 0.691. The summed E-state index contributed by atoms with van der Waals surface area (Å²) < 4.78 is 117. The van der Waals surface area contributed by atoms with E-state index in [0.717, 1.165) is 66.8 Å². The first-order chi connectivity index (χ1) is 38.0. The minimum absolute atomic E-state index is 0.0368. The molecule has 79 heavy (non-hydrogen) atoms. The van der Waals surface area contributed by atoms with Gasteiger partial charge in [0, 0.05) is 103 Å². The molecule has 6 aromatic rings. The SMILES string of the molecule is CNC(=O)c1ccc(NCC#Cc2cc3c(NC4CCN(CCOCCOCCOCCNC(=O)COc5cc(F)c(C6c7[nH]c8ccccc8c7CCN6CC(C)(C)F)c(F)c5)CC4)cccc3n2CC(F)(F)F)c(OC)c1. The fraction of sp³-hybridized carbons (Fsp3) is 0.448. The minimum Gasteiger partial charge on any atom is -0.495 e. The van der Waals surface area contributed by atoms with Crippen LogP contribution in [0.25, 0.3) is 21.8 Å². The fourth-order valence-electron chi connectivity index (χ4n) is 10.2. The first kappa shape index (κ1) is 58.2. The number of amides is 2. The standard InChI is InChI=1S/C58H68F6N8O7/c1-57(2,61)36-71-23-18-43-42-10-5-6-11-47(42)69-54(43)55(71)53-45(59)33-41(34-46(53)60)79-35-52(73)67-20-25-76-27-29-78-30-28-77-26-24-70-21-16-39(17-22-70)68-48-12-7-13-50-44(48)32-40(72(50)37-58(62,63)64)9-8-19-66-49-15-14-38(56(74)65-3)31-51(49)75-4/h5-7,10-15,31-34,39,55,66,68-69H,16-30,35-37H2,1-4H3,(H,65,74)(H,67,73). The van der Waals surface area contributed by atoms with Crippen molar-refractivity contribution in [3.05, 3.63) is 119 Å². The number of para-hydroxylation sites is 1. The van der Waals surface area contributed by atoms with Gasteiger partial charge in [-0.25, -0.2) is 13.2 Å². The molecule has 5 N–H and O–H groups in total. The summed E-state index contributed by atoms with van der Waals surface area (Å²) >= 11 is 0. The number of ether oxygens (including phenoxy) is 5. The number of aromatic nitrogens is 2. The summed E-state index contributed by atoms with van der Waals surface area (Å²) in [6.07, 6.45) is -2.20. The highest BCUT2D eigenvalue weighted by molar-refractivity contribution is 5.95. The molecular formula is C58H68F6N8O7. The molecular weight excluding hydrogens is 1030 g/mol. The van der Waals surface area contributed by atoms with Gasteiger partial charge in [-0.2, -0.15) is 13.2 Å². The molecule has 1 atom stereocenters. The van der Waals surface area contributed by atoms with Crippen LogP contribution in [0.4, 0.5) is 37.7 Å². The molecule has 2 aliphatic rings. The molecule has 4 heterocycles. The van der Waals surface area contributed by atoms with Gasteiger partial charge in [0.15, 0.2) is 6.61 Å². The quantitative estimate of drug-likeness (QED) is 0.0213. The molecule has 2 amide bonds. The summed E-state index contributed by atoms with van der Waals surface area (Å²) in [5, 5.41) is 13.5. The van der Waals surface area contributed by atoms with Crippen molar-refractivity contribution < 1.29 is 59.6 Å². The molecule has 1 saturated heterocycles. The fourth-order valence-corrected chi connectivity index (χ4v) is 10.2. The Hall–Kier alpha value is -6.96. The van der Waals surface area contributed by atoms with Gasteiger partial charge >= 0.3 is 6.18 Å². The Kier molecular flexibility index (Phi) is 19.7. The normalized spacial score (nSPS) is 15.4. The molecule has 0 aliphatic carbocycles. The zero-order chi connectivity index (χ0) is 56.1. The average molecular weight is 1100 g/mol. The van der Waals surface area contributed by atoms with Crippen LogP contribution >= 0.6 is 0 Å². The predicted octanol–water partition coefficient (Wildman–Crippen LogP) is 8.61. The van der Waals surface area contributed by atoms with Crippen molar-refractivity contribution in [1.29, 1.82) is 0 Å². The van der Waals surface area contributed by atoms with Crippen LogP contribution in [0.1, 0.15) is 65.6 Å². The van der Waals surface area contributed by atoms with Gasteiger partial charge in [-0.3, -0.25) is 14.5 Å². The molecule has 0 radical (unpaired) electrons. The molecule has 0 saturated carbocycles. The van der Waals surface area contributed by atoms with Gasteiger partial charge in [0.05, 0.1) is 76.2 Å². The van der Waals surface area contributed by atoms with Crippen molar-refractivity contribution in [1.82, 2.24) is 30.0 Å². The number of hydrogen-bond acceptors (Lipinski definition) is 11. The first-order valence-corrected chi connectivity index (χ1v) is 26.4. The number of fused-ring (bicyclic) bond motifs is 4. The van der Waals surface area contributed by atoms with E-state index >= 15 is 8.78 Å². The van der Waals surface area contributed by atoms with Crippen LogP contribution in [0.3, 0.4) is 0 Å². The van der Waals surface area contributed by atoms with Gasteiger partial charge in [-0.1, -0.05) is 30.2 Å². The molecule has 0 bridgehead atoms. The maximum absolute atomic E-state index is 15.9. The van der Waals surface area contributed by atoms with Crippen molar-refractivity contribution >= 4 is 45.0 Å². The van der Waals surface area contributed by atoms with Crippen LogP contribution < -0.4 is 30.7 Å². The third-order valence-corrected chi connectivity index (χ3v) is 13.8. The van der Waals surface area contributed by atoms with E-state index in [1.54, 1.807) is 41.3 Å². The summed E-state index contributed by atoms with van der Waals surface area (Å²) in [7, 11) is 3.01. The van der Waals surface area contributed by atoms with E-state index in [4.69, 9.17) is 23.7 Å². The van der Waals surface area contributed by atoms with Crippen molar-refractivity contribution in [3.8, 4) is 23.3 Å². The Morgan fingerprint density at radius 2 is 1.53 bits per heavy atom. The molecule has 424 valence electrons. The van der Waals surface area contributed by atoms with Gasteiger partial charge in [0.1, 0.15) is 35.3 Å². The number of alkyl halides is 4. The number of hydrogen-bond donors (Lipinski definition) is 5. The summed E-state index contributed by atoms with van der Waals surface area (Å²) in [6, 6.07) is 20.9. The smallest absolute Gasteiger partial charge is 0.406 e. The lowest BCUT2D eigenvalue weighted by atomic mass is 9.90. The van der Waals surface area contributed by atoms with Crippen molar-refractivity contribution in [2.45, 2.75) is 63.6 Å². The van der Waals surface area contributed by atoms with Crippen LogP contribution in [0.15, 0.2) is 78.9 Å². The Morgan fingerprint density at radius 3 is 2.24 bits per heavy atom. The van der Waals surface area contributed by atoms with Crippen LogP contribution in [0, 0.1) is 23.5 Å². The van der Waals surface area contributed by atoms with E-state index in [-0.39, 0.29) is 55.2 Å². The molecule has 2 aliphatic heterocycles. The molecule has 0 spiro atoms. The van der Waals surface area contributed by atoms with Crippen LogP contribution in [0.2, 0.25) is 0 Å². The summed E-state index contributed by atoms with van der Waals surface area (Å²) in [5.41, 5.74) is 2.97. The van der Waals surface area contributed by atoms with Crippen molar-refractivity contribution in [2.24, 2.45) is 0 Å². The molecule has 4 aromatic carbocycles. The molecule has 21 heteroatoms. The maximum atomic E-state index is 15.9. The monoisotopic (exact) mass is 1100 g/mol. The van der Waals surface area contributed by atoms with E-state index in [0.29, 0.717) is 79.6 Å². The number of rotatable bonds is 25. The molecule has 15 nitrogen and oxygen atoms in total. The number of likely N-dealkylation sites (tertiary alicyclic amines) is 1. The van der Waals surface area contributed by atoms with Crippen LogP contribution in [0.5, 0.6) is 11.5 Å². The zero-order valence-electron chi connectivity index (χ0n) is 44.9. The number of nitrogens with zero attached hydrogens (tertiary/aromatic N) is 3. The number of halogens is 6. The average Bonchev–Trinajstić information content (AvgIpc) is 4.18. The van der Waals surface area contributed by atoms with Crippen molar-refractivity contribution in [3.63, 3.8) is 0 Å². The highest BCUT2D eigenvalue weighted by atomic mass is 19.4. The number of aromatic amines is 1. The lowest BCUT2D eigenvalue weighted by Gasteiger charge is -2.38. The molecule has 1 unspecified atom stereocenters. The number of piperidine rings is 1. The number of methoxy groups -OCH3 is 1. The van der Waals surface area contributed by atoms with E-state index in [2.05, 4.69) is 43.0 Å². The van der Waals surface area contributed by atoms with Crippen LogP contribution in [-0.4, -0.2) is 155 Å². The third kappa shape index (κ3) is 15.7. The molecule has 1 fully saturated rings. The number of carbonyl (C=O) groups excluding carboxylic acids is 2. The maximum Gasteiger partial charge on any atom is 0.406 e. The number of carbonyl (C=O) groups is 2. The van der Waals surface area contributed by atoms with E-state index in [9.17, 15) is 27.2 Å². The van der Waals surface area contributed by atoms with Gasteiger partial charge in [0.2, 0.25) is 0 Å². The molecule has 8 rings (SSSR count). The largest absolute Gasteiger partial charge is 0.495 e. The number of anilines is 2. The summed E-state index contributed by atoms with van der Waals surface area (Å²) in [4.78, 5) is 31.9. The summed E-state index contributed by atoms with van der Waals surface area (Å²) in [5.74, 6) is 3.65. The predicted molar refractivity (Wildman–Crippen MR) is 291 cm³/mol. The number of nitrogens with one attached hydrogen (secondary N) is 5. The topological polar surface area (TPSA) is 156 Å². The minimum atomic E-state index is -4.47. The van der Waals surface area contributed by atoms with Gasteiger partial charge in [0.25, 0.3) is 11.8 Å². The molecule has 2 aromatic heterocycles. The Labute approximate surface area is 455 Å². The summed E-state index contributed by atoms with van der Waals surface area (Å²) in [6.45, 7) is 6.37. The van der Waals surface area contributed by atoms with Gasteiger partial charge in [-0.05, 0) is 87.1 Å². The lowest BCUT2D eigenvalue weighted by Crippen LogP contribution is -2.43. The van der Waals surface area contributed by atoms with Gasteiger partial charge < -0.3 is 59.4 Å².